The van der Waals surface area contributed by atoms with Crippen molar-refractivity contribution in [3.05, 3.63) is 54.2 Å². The first-order valence-electron chi connectivity index (χ1n) is 8.07. The number of hydrogen-bond donors (Lipinski definition) is 1. The first kappa shape index (κ1) is 15.9. The first-order chi connectivity index (χ1) is 12.5. The van der Waals surface area contributed by atoms with Crippen LogP contribution in [0.15, 0.2) is 42.9 Å². The van der Waals surface area contributed by atoms with Crippen LogP contribution < -0.4 is 5.32 Å². The average molecular weight is 347 g/mol. The molecular weight excluding hydrogens is 330 g/mol. The predicted molar refractivity (Wildman–Crippen MR) is 97.6 cm³/mol. The van der Waals surface area contributed by atoms with E-state index < -0.39 is 0 Å². The van der Waals surface area contributed by atoms with Crippen molar-refractivity contribution in [2.75, 3.05) is 5.32 Å². The first-order valence-corrected chi connectivity index (χ1v) is 8.07. The molecule has 0 saturated heterocycles. The highest BCUT2D eigenvalue weighted by Crippen LogP contribution is 2.24. The van der Waals surface area contributed by atoms with Gasteiger partial charge in [-0.3, -0.25) is 9.48 Å². The van der Waals surface area contributed by atoms with Gasteiger partial charge in [0.2, 0.25) is 0 Å². The summed E-state index contributed by atoms with van der Waals surface area (Å²) in [6.45, 7) is 1.96. The summed E-state index contributed by atoms with van der Waals surface area (Å²) in [5.74, 6) is 1.06. The fourth-order valence-electron chi connectivity index (χ4n) is 2.76. The van der Waals surface area contributed by atoms with E-state index in [9.17, 15) is 4.79 Å². The molecular formula is C18H17N7O. The number of carbonyl (C=O) groups is 1. The number of amides is 1. The topological polar surface area (TPSA) is 90.5 Å². The third-order valence-corrected chi connectivity index (χ3v) is 4.31. The number of nitrogens with zero attached hydrogens (tertiary/aromatic N) is 6. The van der Waals surface area contributed by atoms with Crippen LogP contribution in [0, 0.1) is 6.92 Å². The standard InChI is InChI=1S/C18H17N7O/c1-11-19-9-16(25(11)3)12-4-5-15-13(6-12)7-17(23-22-15)21-18(26)14-8-20-24(2)10-14/h4-10H,1-3H3,(H,21,23,26). The monoisotopic (exact) mass is 347 g/mol. The van der Waals surface area contributed by atoms with Gasteiger partial charge in [-0.1, -0.05) is 6.07 Å². The second-order valence-corrected chi connectivity index (χ2v) is 6.11. The quantitative estimate of drug-likeness (QED) is 0.614. The molecule has 4 rings (SSSR count). The van der Waals surface area contributed by atoms with Crippen LogP contribution in [0.2, 0.25) is 0 Å². The number of hydrogen-bond acceptors (Lipinski definition) is 5. The molecule has 0 radical (unpaired) electrons. The number of imidazole rings is 1. The zero-order valence-electron chi connectivity index (χ0n) is 14.6. The van der Waals surface area contributed by atoms with Crippen molar-refractivity contribution >= 4 is 22.6 Å². The smallest absolute Gasteiger partial charge is 0.260 e. The Bertz CT molecular complexity index is 1130. The highest BCUT2D eigenvalue weighted by molar-refractivity contribution is 6.04. The molecule has 0 aliphatic rings. The van der Waals surface area contributed by atoms with Gasteiger partial charge >= 0.3 is 0 Å². The van der Waals surface area contributed by atoms with E-state index >= 15 is 0 Å². The van der Waals surface area contributed by atoms with Gasteiger partial charge in [-0.15, -0.1) is 10.2 Å². The Morgan fingerprint density at radius 2 is 1.96 bits per heavy atom. The van der Waals surface area contributed by atoms with Crippen molar-refractivity contribution in [2.24, 2.45) is 14.1 Å². The van der Waals surface area contributed by atoms with Crippen LogP contribution in [0.5, 0.6) is 0 Å². The predicted octanol–water partition coefficient (Wildman–Crippen LogP) is 2.32. The Morgan fingerprint density at radius 1 is 1.12 bits per heavy atom. The number of rotatable bonds is 3. The summed E-state index contributed by atoms with van der Waals surface area (Å²) in [6.07, 6.45) is 5.00. The molecule has 0 spiro atoms. The van der Waals surface area contributed by atoms with E-state index in [0.717, 1.165) is 28.0 Å². The maximum Gasteiger partial charge on any atom is 0.260 e. The molecule has 4 aromatic rings. The molecule has 26 heavy (non-hydrogen) atoms. The van der Waals surface area contributed by atoms with Crippen LogP contribution in [-0.2, 0) is 14.1 Å². The number of aromatic nitrogens is 6. The minimum absolute atomic E-state index is 0.273. The normalized spacial score (nSPS) is 11.0. The molecule has 0 unspecified atom stereocenters. The van der Waals surface area contributed by atoms with Crippen molar-refractivity contribution in [1.82, 2.24) is 29.5 Å². The summed E-state index contributed by atoms with van der Waals surface area (Å²) >= 11 is 0. The van der Waals surface area contributed by atoms with Gasteiger partial charge in [0.15, 0.2) is 5.82 Å². The molecule has 1 N–H and O–H groups in total. The van der Waals surface area contributed by atoms with Crippen molar-refractivity contribution in [3.8, 4) is 11.3 Å². The Kier molecular flexibility index (Phi) is 3.72. The van der Waals surface area contributed by atoms with Crippen LogP contribution >= 0.6 is 0 Å². The van der Waals surface area contributed by atoms with E-state index in [0.29, 0.717) is 11.4 Å². The van der Waals surface area contributed by atoms with Gasteiger partial charge in [-0.25, -0.2) is 4.98 Å². The van der Waals surface area contributed by atoms with Crippen LogP contribution in [-0.4, -0.2) is 35.4 Å². The fourth-order valence-corrected chi connectivity index (χ4v) is 2.76. The van der Waals surface area contributed by atoms with Gasteiger partial charge in [0.05, 0.1) is 29.2 Å². The minimum atomic E-state index is -0.273. The molecule has 3 heterocycles. The number of anilines is 1. The highest BCUT2D eigenvalue weighted by atomic mass is 16.1. The van der Waals surface area contributed by atoms with Crippen LogP contribution in [0.3, 0.4) is 0 Å². The molecule has 3 aromatic heterocycles. The molecule has 0 bridgehead atoms. The summed E-state index contributed by atoms with van der Waals surface area (Å²) in [4.78, 5) is 16.6. The molecule has 0 saturated carbocycles. The van der Waals surface area contributed by atoms with E-state index in [-0.39, 0.29) is 5.91 Å². The van der Waals surface area contributed by atoms with Gasteiger partial charge < -0.3 is 9.88 Å². The summed E-state index contributed by atoms with van der Waals surface area (Å²) in [7, 11) is 3.74. The largest absolute Gasteiger partial charge is 0.331 e. The minimum Gasteiger partial charge on any atom is -0.331 e. The second kappa shape index (κ2) is 6.07. The van der Waals surface area contributed by atoms with E-state index in [4.69, 9.17) is 0 Å². The zero-order valence-corrected chi connectivity index (χ0v) is 14.6. The van der Waals surface area contributed by atoms with Crippen molar-refractivity contribution in [3.63, 3.8) is 0 Å². The second-order valence-electron chi connectivity index (χ2n) is 6.11. The molecule has 8 heteroatoms. The van der Waals surface area contributed by atoms with E-state index in [2.05, 4.69) is 25.6 Å². The van der Waals surface area contributed by atoms with Crippen molar-refractivity contribution < 1.29 is 4.79 Å². The SMILES string of the molecule is Cc1ncc(-c2ccc3nnc(NC(=O)c4cnn(C)c4)cc3c2)n1C. The number of fused-ring (bicyclic) bond motifs is 1. The molecule has 1 amide bonds. The summed E-state index contributed by atoms with van der Waals surface area (Å²) < 4.78 is 3.60. The molecule has 0 aliphatic heterocycles. The van der Waals surface area contributed by atoms with Gasteiger partial charge in [-0.2, -0.15) is 5.10 Å². The zero-order chi connectivity index (χ0) is 18.3. The number of benzene rings is 1. The van der Waals surface area contributed by atoms with Gasteiger partial charge in [-0.05, 0) is 25.1 Å². The molecule has 0 fully saturated rings. The lowest BCUT2D eigenvalue weighted by Gasteiger charge is -2.07. The summed E-state index contributed by atoms with van der Waals surface area (Å²) in [5, 5.41) is 15.9. The third-order valence-electron chi connectivity index (χ3n) is 4.31. The fraction of sp³-hybridized carbons (Fsp3) is 0.167. The Morgan fingerprint density at radius 3 is 2.65 bits per heavy atom. The van der Waals surface area contributed by atoms with Gasteiger partial charge in [0, 0.05) is 31.2 Å². The van der Waals surface area contributed by atoms with E-state index in [1.54, 1.807) is 17.9 Å². The van der Waals surface area contributed by atoms with E-state index in [1.807, 2.05) is 49.0 Å². The van der Waals surface area contributed by atoms with Crippen LogP contribution in [0.4, 0.5) is 5.82 Å². The summed E-state index contributed by atoms with van der Waals surface area (Å²) in [6, 6.07) is 7.72. The highest BCUT2D eigenvalue weighted by Gasteiger charge is 2.11. The van der Waals surface area contributed by atoms with Crippen molar-refractivity contribution in [2.45, 2.75) is 6.92 Å². The number of nitrogens with one attached hydrogen (secondary N) is 1. The van der Waals surface area contributed by atoms with E-state index in [1.165, 1.54) is 6.20 Å². The Balaban J connectivity index is 1.67. The lowest BCUT2D eigenvalue weighted by Crippen LogP contribution is -2.12. The Labute approximate surface area is 149 Å². The maximum atomic E-state index is 12.3. The Hall–Kier alpha value is -3.55. The molecule has 1 aromatic carbocycles. The van der Waals surface area contributed by atoms with Gasteiger partial charge in [0.25, 0.3) is 5.91 Å². The third kappa shape index (κ3) is 2.81. The molecule has 0 aliphatic carbocycles. The summed E-state index contributed by atoms with van der Waals surface area (Å²) in [5.41, 5.74) is 3.26. The number of aryl methyl sites for hydroxylation is 2. The van der Waals surface area contributed by atoms with Crippen LogP contribution in [0.1, 0.15) is 16.2 Å². The maximum absolute atomic E-state index is 12.3. The van der Waals surface area contributed by atoms with Crippen LogP contribution in [0.25, 0.3) is 22.2 Å². The lowest BCUT2D eigenvalue weighted by molar-refractivity contribution is 0.102. The average Bonchev–Trinajstić information content (AvgIpc) is 3.21. The molecule has 130 valence electrons. The molecule has 0 atom stereocenters. The number of carbonyl (C=O) groups excluding carboxylic acids is 1. The van der Waals surface area contributed by atoms with Gasteiger partial charge in [0.1, 0.15) is 5.82 Å². The lowest BCUT2D eigenvalue weighted by atomic mass is 10.1. The van der Waals surface area contributed by atoms with Crippen molar-refractivity contribution in [1.29, 1.82) is 0 Å². The molecule has 8 nitrogen and oxygen atoms in total.